The smallest absolute Gasteiger partial charge is 0.262 e. The standard InChI is InChI=1S/C20H17ClFNO2S/c1-15-7-5-8-16(13-15)23(14-18-19(21)11-6-12-20(18)22)26(24,25)17-9-3-2-4-10-17/h2-13H,14H2,1H3. The molecule has 134 valence electrons. The Hall–Kier alpha value is -2.37. The van der Waals surface area contributed by atoms with Crippen LogP contribution in [0.15, 0.2) is 77.7 Å². The highest BCUT2D eigenvalue weighted by atomic mass is 35.5. The summed E-state index contributed by atoms with van der Waals surface area (Å²) in [4.78, 5) is 0.133. The van der Waals surface area contributed by atoms with Crippen molar-refractivity contribution >= 4 is 27.3 Å². The van der Waals surface area contributed by atoms with Crippen LogP contribution in [-0.4, -0.2) is 8.42 Å². The van der Waals surface area contributed by atoms with Crippen LogP contribution >= 0.6 is 11.6 Å². The maximum Gasteiger partial charge on any atom is 0.264 e. The Bertz CT molecular complexity index is 1000. The van der Waals surface area contributed by atoms with Gasteiger partial charge in [-0.1, -0.05) is 48.0 Å². The van der Waals surface area contributed by atoms with Gasteiger partial charge in [0.15, 0.2) is 0 Å². The van der Waals surface area contributed by atoms with Crippen LogP contribution in [0.5, 0.6) is 0 Å². The minimum Gasteiger partial charge on any atom is -0.262 e. The van der Waals surface area contributed by atoms with Gasteiger partial charge < -0.3 is 0 Å². The van der Waals surface area contributed by atoms with Crippen molar-refractivity contribution < 1.29 is 12.8 Å². The van der Waals surface area contributed by atoms with Crippen LogP contribution in [0, 0.1) is 12.7 Å². The first-order chi connectivity index (χ1) is 12.4. The van der Waals surface area contributed by atoms with Crippen molar-refractivity contribution in [2.45, 2.75) is 18.4 Å². The van der Waals surface area contributed by atoms with Gasteiger partial charge in [0, 0.05) is 10.6 Å². The van der Waals surface area contributed by atoms with Gasteiger partial charge in [0.25, 0.3) is 10.0 Å². The van der Waals surface area contributed by atoms with Crippen LogP contribution in [0.4, 0.5) is 10.1 Å². The van der Waals surface area contributed by atoms with Crippen LogP contribution < -0.4 is 4.31 Å². The largest absolute Gasteiger partial charge is 0.264 e. The van der Waals surface area contributed by atoms with Gasteiger partial charge in [-0.25, -0.2) is 12.8 Å². The van der Waals surface area contributed by atoms with E-state index in [0.717, 1.165) is 5.56 Å². The topological polar surface area (TPSA) is 37.4 Å². The number of aryl methyl sites for hydroxylation is 1. The number of anilines is 1. The number of benzene rings is 3. The van der Waals surface area contributed by atoms with Gasteiger partial charge in [-0.05, 0) is 48.9 Å². The molecular formula is C20H17ClFNO2S. The fourth-order valence-electron chi connectivity index (χ4n) is 2.64. The third kappa shape index (κ3) is 3.74. The van der Waals surface area contributed by atoms with E-state index < -0.39 is 15.8 Å². The molecular weight excluding hydrogens is 373 g/mol. The van der Waals surface area contributed by atoms with Crippen LogP contribution in [-0.2, 0) is 16.6 Å². The molecule has 0 bridgehead atoms. The Morgan fingerprint density at radius 3 is 2.31 bits per heavy atom. The lowest BCUT2D eigenvalue weighted by Crippen LogP contribution is -2.31. The van der Waals surface area contributed by atoms with Crippen LogP contribution in [0.25, 0.3) is 0 Å². The highest BCUT2D eigenvalue weighted by molar-refractivity contribution is 7.92. The van der Waals surface area contributed by atoms with E-state index in [1.54, 1.807) is 42.5 Å². The van der Waals surface area contributed by atoms with Gasteiger partial charge in [0.1, 0.15) is 5.82 Å². The van der Waals surface area contributed by atoms with E-state index in [1.165, 1.54) is 28.6 Å². The van der Waals surface area contributed by atoms with Crippen molar-refractivity contribution in [3.8, 4) is 0 Å². The summed E-state index contributed by atoms with van der Waals surface area (Å²) in [5, 5.41) is 0.186. The summed E-state index contributed by atoms with van der Waals surface area (Å²) in [6.07, 6.45) is 0. The number of hydrogen-bond acceptors (Lipinski definition) is 2. The molecule has 0 aromatic heterocycles. The normalized spacial score (nSPS) is 11.3. The van der Waals surface area contributed by atoms with E-state index in [9.17, 15) is 12.8 Å². The van der Waals surface area contributed by atoms with Crippen LogP contribution in [0.1, 0.15) is 11.1 Å². The van der Waals surface area contributed by atoms with E-state index in [2.05, 4.69) is 0 Å². The average molecular weight is 390 g/mol. The third-order valence-electron chi connectivity index (χ3n) is 3.98. The Morgan fingerprint density at radius 1 is 0.962 bits per heavy atom. The summed E-state index contributed by atoms with van der Waals surface area (Å²) in [6, 6.07) is 19.4. The summed E-state index contributed by atoms with van der Waals surface area (Å²) in [6.45, 7) is 1.67. The van der Waals surface area contributed by atoms with Crippen molar-refractivity contribution in [1.82, 2.24) is 0 Å². The van der Waals surface area contributed by atoms with E-state index in [1.807, 2.05) is 13.0 Å². The zero-order valence-corrected chi connectivity index (χ0v) is 15.6. The molecule has 0 unspecified atom stereocenters. The molecule has 3 aromatic carbocycles. The molecule has 0 fully saturated rings. The number of sulfonamides is 1. The lowest BCUT2D eigenvalue weighted by atomic mass is 10.2. The fraction of sp³-hybridized carbons (Fsp3) is 0.100. The SMILES string of the molecule is Cc1cccc(N(Cc2c(F)cccc2Cl)S(=O)(=O)c2ccccc2)c1. The molecule has 0 radical (unpaired) electrons. The number of hydrogen-bond donors (Lipinski definition) is 0. The Kier molecular flexibility index (Phi) is 5.30. The summed E-state index contributed by atoms with van der Waals surface area (Å²) in [5.74, 6) is -0.543. The molecule has 0 aliphatic rings. The van der Waals surface area contributed by atoms with Crippen molar-refractivity contribution in [3.63, 3.8) is 0 Å². The zero-order valence-electron chi connectivity index (χ0n) is 14.1. The maximum absolute atomic E-state index is 14.3. The molecule has 3 rings (SSSR count). The quantitative estimate of drug-likeness (QED) is 0.602. The van der Waals surface area contributed by atoms with Crippen molar-refractivity contribution in [1.29, 1.82) is 0 Å². The molecule has 0 aliphatic carbocycles. The molecule has 0 atom stereocenters. The van der Waals surface area contributed by atoms with E-state index in [0.29, 0.717) is 5.69 Å². The molecule has 0 N–H and O–H groups in total. The van der Waals surface area contributed by atoms with E-state index in [4.69, 9.17) is 11.6 Å². The first-order valence-electron chi connectivity index (χ1n) is 7.97. The van der Waals surface area contributed by atoms with Crippen molar-refractivity contribution in [2.24, 2.45) is 0 Å². The van der Waals surface area contributed by atoms with Crippen LogP contribution in [0.2, 0.25) is 5.02 Å². The monoisotopic (exact) mass is 389 g/mol. The Labute approximate surface area is 157 Å². The molecule has 0 spiro atoms. The molecule has 3 aromatic rings. The zero-order chi connectivity index (χ0) is 18.7. The first kappa shape index (κ1) is 18.4. The number of nitrogens with zero attached hydrogens (tertiary/aromatic N) is 1. The minimum absolute atomic E-state index is 0.133. The highest BCUT2D eigenvalue weighted by Crippen LogP contribution is 2.29. The predicted molar refractivity (Wildman–Crippen MR) is 102 cm³/mol. The van der Waals surface area contributed by atoms with Crippen molar-refractivity contribution in [2.75, 3.05) is 4.31 Å². The van der Waals surface area contributed by atoms with Gasteiger partial charge in [-0.15, -0.1) is 0 Å². The van der Waals surface area contributed by atoms with E-state index >= 15 is 0 Å². The van der Waals surface area contributed by atoms with Crippen molar-refractivity contribution in [3.05, 3.63) is 94.8 Å². The number of rotatable bonds is 5. The highest BCUT2D eigenvalue weighted by Gasteiger charge is 2.26. The van der Waals surface area contributed by atoms with Gasteiger partial charge >= 0.3 is 0 Å². The minimum atomic E-state index is -3.89. The second kappa shape index (κ2) is 7.48. The lowest BCUT2D eigenvalue weighted by Gasteiger charge is -2.25. The summed E-state index contributed by atoms with van der Waals surface area (Å²) in [5.41, 5.74) is 1.48. The van der Waals surface area contributed by atoms with Gasteiger partial charge in [-0.2, -0.15) is 0 Å². The Balaban J connectivity index is 2.14. The van der Waals surface area contributed by atoms with Gasteiger partial charge in [-0.3, -0.25) is 4.31 Å². The molecule has 0 saturated carbocycles. The summed E-state index contributed by atoms with van der Waals surface area (Å²) in [7, 11) is -3.89. The molecule has 6 heteroatoms. The first-order valence-corrected chi connectivity index (χ1v) is 9.79. The number of halogens is 2. The van der Waals surface area contributed by atoms with E-state index in [-0.39, 0.29) is 22.0 Å². The van der Waals surface area contributed by atoms with Crippen LogP contribution in [0.3, 0.4) is 0 Å². The van der Waals surface area contributed by atoms with Gasteiger partial charge in [0.05, 0.1) is 17.1 Å². The Morgan fingerprint density at radius 2 is 1.65 bits per heavy atom. The third-order valence-corrected chi connectivity index (χ3v) is 6.13. The fourth-order valence-corrected chi connectivity index (χ4v) is 4.31. The molecule has 26 heavy (non-hydrogen) atoms. The maximum atomic E-state index is 14.3. The second-order valence-electron chi connectivity index (χ2n) is 5.86. The summed E-state index contributed by atoms with van der Waals surface area (Å²) < 4.78 is 41.9. The lowest BCUT2D eigenvalue weighted by molar-refractivity contribution is 0.585. The molecule has 3 nitrogen and oxygen atoms in total. The summed E-state index contributed by atoms with van der Waals surface area (Å²) >= 11 is 6.13. The predicted octanol–water partition coefficient (Wildman–Crippen LogP) is 5.18. The molecule has 0 amide bonds. The molecule has 0 saturated heterocycles. The second-order valence-corrected chi connectivity index (χ2v) is 8.13. The molecule has 0 aliphatic heterocycles. The van der Waals surface area contributed by atoms with Gasteiger partial charge in [0.2, 0.25) is 0 Å². The molecule has 0 heterocycles. The average Bonchev–Trinajstić information content (AvgIpc) is 2.62.